The number of amides is 1. The van der Waals surface area contributed by atoms with Crippen molar-refractivity contribution in [2.75, 3.05) is 0 Å². The Kier molecular flexibility index (Phi) is 5.77. The van der Waals surface area contributed by atoms with Gasteiger partial charge in [0.05, 0.1) is 6.04 Å². The van der Waals surface area contributed by atoms with Gasteiger partial charge in [0, 0.05) is 5.57 Å². The molecule has 0 aliphatic carbocycles. The highest BCUT2D eigenvalue weighted by Crippen LogP contribution is 2.21. The first-order chi connectivity index (χ1) is 9.23. The summed E-state index contributed by atoms with van der Waals surface area (Å²) in [6, 6.07) is -0.377. The standard InChI is InChI=1S/C13H19Cl2N3O2/c1-5-6-9(16-12(19)20-13(2,3)4)8-7-10(14)17-18-11(8)15/h5,7,9,17-18H,1,6H2,2-4H3,(H,16,19). The molecule has 0 radical (unpaired) electrons. The quantitative estimate of drug-likeness (QED) is 0.550. The molecular formula is C13H19Cl2N3O2. The van der Waals surface area contributed by atoms with Gasteiger partial charge in [-0.25, -0.2) is 4.79 Å². The average Bonchev–Trinajstić information content (AvgIpc) is 2.29. The van der Waals surface area contributed by atoms with Gasteiger partial charge in [-0.1, -0.05) is 29.3 Å². The topological polar surface area (TPSA) is 62.4 Å². The normalized spacial score (nSPS) is 16.6. The third-order valence-corrected chi connectivity index (χ3v) is 2.81. The van der Waals surface area contributed by atoms with E-state index in [-0.39, 0.29) is 6.04 Å². The van der Waals surface area contributed by atoms with E-state index in [0.29, 0.717) is 22.3 Å². The number of ether oxygens (including phenoxy) is 1. The Morgan fingerprint density at radius 2 is 2.15 bits per heavy atom. The Balaban J connectivity index is 2.84. The first-order valence-electron chi connectivity index (χ1n) is 6.12. The highest BCUT2D eigenvalue weighted by molar-refractivity contribution is 6.32. The maximum atomic E-state index is 11.9. The Morgan fingerprint density at radius 3 is 2.70 bits per heavy atom. The molecule has 1 aliphatic rings. The fourth-order valence-corrected chi connectivity index (χ4v) is 1.95. The summed E-state index contributed by atoms with van der Waals surface area (Å²) >= 11 is 12.0. The van der Waals surface area contributed by atoms with Crippen LogP contribution in [0.25, 0.3) is 0 Å². The molecule has 112 valence electrons. The lowest BCUT2D eigenvalue weighted by Gasteiger charge is -2.26. The van der Waals surface area contributed by atoms with Crippen molar-refractivity contribution in [3.8, 4) is 0 Å². The second-order valence-corrected chi connectivity index (χ2v) is 6.02. The van der Waals surface area contributed by atoms with Crippen LogP contribution in [0.3, 0.4) is 0 Å². The van der Waals surface area contributed by atoms with Gasteiger partial charge in [0.15, 0.2) is 0 Å². The third-order valence-electron chi connectivity index (χ3n) is 2.30. The van der Waals surface area contributed by atoms with E-state index in [9.17, 15) is 4.79 Å². The van der Waals surface area contributed by atoms with E-state index in [2.05, 4.69) is 22.7 Å². The minimum Gasteiger partial charge on any atom is -0.444 e. The Labute approximate surface area is 129 Å². The van der Waals surface area contributed by atoms with Gasteiger partial charge < -0.3 is 10.1 Å². The predicted octanol–water partition coefficient (Wildman–Crippen LogP) is 3.09. The van der Waals surface area contributed by atoms with E-state index in [4.69, 9.17) is 27.9 Å². The van der Waals surface area contributed by atoms with E-state index in [1.54, 1.807) is 32.9 Å². The lowest BCUT2D eigenvalue weighted by molar-refractivity contribution is 0.0513. The Morgan fingerprint density at radius 1 is 1.50 bits per heavy atom. The Bertz CT molecular complexity index is 453. The molecule has 1 amide bonds. The molecule has 0 aromatic carbocycles. The summed E-state index contributed by atoms with van der Waals surface area (Å²) < 4.78 is 5.23. The van der Waals surface area contributed by atoms with Gasteiger partial charge in [-0.3, -0.25) is 10.9 Å². The van der Waals surface area contributed by atoms with Crippen LogP contribution in [0.4, 0.5) is 4.79 Å². The summed E-state index contributed by atoms with van der Waals surface area (Å²) in [5.74, 6) is 0. The molecule has 0 saturated carbocycles. The minimum absolute atomic E-state index is 0.359. The van der Waals surface area contributed by atoms with Crippen molar-refractivity contribution in [2.45, 2.75) is 38.8 Å². The largest absolute Gasteiger partial charge is 0.444 e. The van der Waals surface area contributed by atoms with Crippen LogP contribution in [-0.4, -0.2) is 17.7 Å². The summed E-state index contributed by atoms with van der Waals surface area (Å²) in [6.07, 6.45) is 3.30. The Hall–Kier alpha value is -1.33. The molecule has 0 aromatic heterocycles. The monoisotopic (exact) mass is 319 g/mol. The molecule has 1 rings (SSSR count). The van der Waals surface area contributed by atoms with Crippen molar-refractivity contribution in [1.82, 2.24) is 16.2 Å². The van der Waals surface area contributed by atoms with E-state index < -0.39 is 11.7 Å². The van der Waals surface area contributed by atoms with Crippen LogP contribution in [0.2, 0.25) is 0 Å². The van der Waals surface area contributed by atoms with Crippen LogP contribution in [-0.2, 0) is 4.74 Å². The van der Waals surface area contributed by atoms with Gasteiger partial charge in [0.1, 0.15) is 15.9 Å². The van der Waals surface area contributed by atoms with Crippen LogP contribution in [0.15, 0.2) is 34.6 Å². The van der Waals surface area contributed by atoms with Gasteiger partial charge in [-0.2, -0.15) is 0 Å². The van der Waals surface area contributed by atoms with Crippen molar-refractivity contribution in [3.63, 3.8) is 0 Å². The summed E-state index contributed by atoms with van der Waals surface area (Å²) in [6.45, 7) is 9.06. The fraction of sp³-hybridized carbons (Fsp3) is 0.462. The van der Waals surface area contributed by atoms with Crippen molar-refractivity contribution < 1.29 is 9.53 Å². The molecule has 7 heteroatoms. The van der Waals surface area contributed by atoms with Gasteiger partial charge >= 0.3 is 6.09 Å². The molecule has 0 saturated heterocycles. The molecule has 1 atom stereocenters. The van der Waals surface area contributed by atoms with Crippen molar-refractivity contribution in [3.05, 3.63) is 34.6 Å². The summed E-state index contributed by atoms with van der Waals surface area (Å²) in [5, 5.41) is 3.49. The molecule has 0 fully saturated rings. The van der Waals surface area contributed by atoms with Crippen molar-refractivity contribution in [1.29, 1.82) is 0 Å². The maximum Gasteiger partial charge on any atom is 0.408 e. The molecule has 0 spiro atoms. The lowest BCUT2D eigenvalue weighted by atomic mass is 10.0. The van der Waals surface area contributed by atoms with E-state index in [1.807, 2.05) is 0 Å². The second kappa shape index (κ2) is 6.90. The van der Waals surface area contributed by atoms with Gasteiger partial charge in [0.25, 0.3) is 0 Å². The molecule has 5 nitrogen and oxygen atoms in total. The zero-order valence-electron chi connectivity index (χ0n) is 11.7. The van der Waals surface area contributed by atoms with Gasteiger partial charge in [-0.15, -0.1) is 6.58 Å². The molecule has 1 heterocycles. The fourth-order valence-electron chi connectivity index (χ4n) is 1.56. The molecule has 0 bridgehead atoms. The average molecular weight is 320 g/mol. The first kappa shape index (κ1) is 16.7. The molecule has 3 N–H and O–H groups in total. The molecule has 1 unspecified atom stereocenters. The summed E-state index contributed by atoms with van der Waals surface area (Å²) in [7, 11) is 0. The zero-order chi connectivity index (χ0) is 15.3. The van der Waals surface area contributed by atoms with E-state index >= 15 is 0 Å². The number of alkyl carbamates (subject to hydrolysis) is 1. The minimum atomic E-state index is -0.569. The second-order valence-electron chi connectivity index (χ2n) is 5.23. The number of carbonyl (C=O) groups is 1. The van der Waals surface area contributed by atoms with Crippen LogP contribution < -0.4 is 16.2 Å². The molecule has 20 heavy (non-hydrogen) atoms. The summed E-state index contributed by atoms with van der Waals surface area (Å²) in [5.41, 5.74) is 5.46. The predicted molar refractivity (Wildman–Crippen MR) is 81.1 cm³/mol. The SMILES string of the molecule is C=CCC(NC(=O)OC(C)(C)C)C1=C(Cl)NNC(Cl)=C1. The zero-order valence-corrected chi connectivity index (χ0v) is 13.2. The van der Waals surface area contributed by atoms with Crippen LogP contribution in [0.1, 0.15) is 27.2 Å². The number of halogens is 2. The number of rotatable bonds is 4. The number of hydrogen-bond donors (Lipinski definition) is 3. The van der Waals surface area contributed by atoms with Crippen molar-refractivity contribution in [2.24, 2.45) is 0 Å². The van der Waals surface area contributed by atoms with E-state index in [0.717, 1.165) is 0 Å². The smallest absolute Gasteiger partial charge is 0.408 e. The number of hydrogen-bond acceptors (Lipinski definition) is 4. The third kappa shape index (κ3) is 5.35. The molecule has 0 aromatic rings. The first-order valence-corrected chi connectivity index (χ1v) is 6.88. The highest BCUT2D eigenvalue weighted by Gasteiger charge is 2.23. The van der Waals surface area contributed by atoms with Crippen molar-refractivity contribution >= 4 is 29.3 Å². The lowest BCUT2D eigenvalue weighted by Crippen LogP contribution is -2.42. The van der Waals surface area contributed by atoms with Crippen LogP contribution in [0, 0.1) is 0 Å². The number of hydrazine groups is 1. The highest BCUT2D eigenvalue weighted by atomic mass is 35.5. The number of carbonyl (C=O) groups excluding carboxylic acids is 1. The van der Waals surface area contributed by atoms with Gasteiger partial charge in [0.2, 0.25) is 0 Å². The number of nitrogens with one attached hydrogen (secondary N) is 3. The molecule has 1 aliphatic heterocycles. The van der Waals surface area contributed by atoms with E-state index in [1.165, 1.54) is 0 Å². The maximum absolute atomic E-state index is 11.9. The molecular weight excluding hydrogens is 301 g/mol. The van der Waals surface area contributed by atoms with Crippen LogP contribution in [0.5, 0.6) is 0 Å². The summed E-state index contributed by atoms with van der Waals surface area (Å²) in [4.78, 5) is 11.9. The van der Waals surface area contributed by atoms with Gasteiger partial charge in [-0.05, 0) is 33.3 Å². The van der Waals surface area contributed by atoms with Crippen LogP contribution >= 0.6 is 23.2 Å².